The lowest BCUT2D eigenvalue weighted by Crippen LogP contribution is -2.39. The van der Waals surface area contributed by atoms with Crippen LogP contribution in [-0.4, -0.2) is 60.8 Å². The number of hydrogen-bond donors (Lipinski definition) is 2. The molecule has 0 aliphatic carbocycles. The molecule has 1 aliphatic rings. The highest BCUT2D eigenvalue weighted by Gasteiger charge is 2.23. The molecule has 0 spiro atoms. The van der Waals surface area contributed by atoms with E-state index in [1.54, 1.807) is 4.68 Å². The highest BCUT2D eigenvalue weighted by molar-refractivity contribution is 5.94. The summed E-state index contributed by atoms with van der Waals surface area (Å²) < 4.78 is 1.68. The third-order valence-corrected chi connectivity index (χ3v) is 5.75. The number of amides is 1. The van der Waals surface area contributed by atoms with Gasteiger partial charge in [0, 0.05) is 30.6 Å². The van der Waals surface area contributed by atoms with Gasteiger partial charge in [-0.15, -0.1) is 5.10 Å². The molecule has 0 saturated carbocycles. The number of para-hydroxylation sites is 1. The summed E-state index contributed by atoms with van der Waals surface area (Å²) in [6.45, 7) is 1.58. The van der Waals surface area contributed by atoms with Crippen LogP contribution < -0.4 is 0 Å². The maximum Gasteiger partial charge on any atom is 0.253 e. The van der Waals surface area contributed by atoms with E-state index in [0.717, 1.165) is 35.1 Å². The molecule has 1 aliphatic heterocycles. The number of hydrogen-bond acceptors (Lipinski definition) is 5. The van der Waals surface area contributed by atoms with Gasteiger partial charge in [0.05, 0.1) is 17.4 Å². The van der Waals surface area contributed by atoms with E-state index < -0.39 is 0 Å². The number of carbonyl (C=O) groups excluding carboxylic acids is 1. The van der Waals surface area contributed by atoms with Gasteiger partial charge in [-0.25, -0.2) is 4.68 Å². The van der Waals surface area contributed by atoms with Gasteiger partial charge < -0.3 is 10.0 Å². The van der Waals surface area contributed by atoms with Crippen LogP contribution in [0.4, 0.5) is 0 Å². The summed E-state index contributed by atoms with van der Waals surface area (Å²) in [5.41, 5.74) is 3.87. The molecule has 1 amide bonds. The zero-order valence-corrected chi connectivity index (χ0v) is 16.4. The fraction of sp³-hybridized carbons (Fsp3) is 0.273. The van der Waals surface area contributed by atoms with Crippen molar-refractivity contribution in [1.82, 2.24) is 30.1 Å². The fourth-order valence-electron chi connectivity index (χ4n) is 3.92. The number of aliphatic hydroxyl groups is 1. The molecule has 0 unspecified atom stereocenters. The van der Waals surface area contributed by atoms with Crippen LogP contribution in [0.1, 0.15) is 23.2 Å². The minimum atomic E-state index is 0.0280. The summed E-state index contributed by atoms with van der Waals surface area (Å²) in [5.74, 6) is 0.338. The molecule has 0 atom stereocenters. The van der Waals surface area contributed by atoms with E-state index >= 15 is 0 Å². The maximum atomic E-state index is 12.7. The van der Waals surface area contributed by atoms with Crippen LogP contribution in [0.2, 0.25) is 0 Å². The Hall–Kier alpha value is -3.52. The van der Waals surface area contributed by atoms with E-state index in [1.165, 1.54) is 0 Å². The highest BCUT2D eigenvalue weighted by atomic mass is 16.3. The Kier molecular flexibility index (Phi) is 4.76. The minimum absolute atomic E-state index is 0.0280. The number of aliphatic hydroxyl groups excluding tert-OH is 1. The highest BCUT2D eigenvalue weighted by Crippen LogP contribution is 2.25. The third-order valence-electron chi connectivity index (χ3n) is 5.75. The van der Waals surface area contributed by atoms with Crippen molar-refractivity contribution < 1.29 is 9.90 Å². The Morgan fingerprint density at radius 1 is 1.10 bits per heavy atom. The Morgan fingerprint density at radius 3 is 2.63 bits per heavy atom. The largest absolute Gasteiger partial charge is 0.396 e. The van der Waals surface area contributed by atoms with Crippen molar-refractivity contribution in [2.45, 2.75) is 12.8 Å². The molecule has 5 rings (SSSR count). The quantitative estimate of drug-likeness (QED) is 0.547. The van der Waals surface area contributed by atoms with Crippen molar-refractivity contribution in [2.75, 3.05) is 19.7 Å². The van der Waals surface area contributed by atoms with Gasteiger partial charge in [0.15, 0.2) is 0 Å². The molecule has 0 radical (unpaired) electrons. The first-order valence-corrected chi connectivity index (χ1v) is 10.1. The molecule has 0 bridgehead atoms. The van der Waals surface area contributed by atoms with Gasteiger partial charge in [-0.1, -0.05) is 23.4 Å². The normalized spacial score (nSPS) is 15.0. The number of fused-ring (bicyclic) bond motifs is 1. The smallest absolute Gasteiger partial charge is 0.253 e. The summed E-state index contributed by atoms with van der Waals surface area (Å²) in [5, 5.41) is 26.1. The standard InChI is InChI=1S/C22H22N6O2/c29-14-15-9-11-27(12-10-15)22(30)16-5-7-17(8-6-16)28-13-20(24-26-28)21-18-3-1-2-4-19(18)23-25-21/h1-8,13,15,29H,9-12,14H2,(H,23,25). The zero-order chi connectivity index (χ0) is 20.5. The van der Waals surface area contributed by atoms with E-state index in [9.17, 15) is 9.90 Å². The second-order valence-corrected chi connectivity index (χ2v) is 7.63. The SMILES string of the molecule is O=C(c1ccc(-n2cc(-c3n[nH]c4ccccc34)nn2)cc1)N1CCC(CO)CC1. The van der Waals surface area contributed by atoms with Crippen LogP contribution in [0.3, 0.4) is 0 Å². The number of H-pyrrole nitrogens is 1. The Bertz CT molecular complexity index is 1170. The number of aromatic nitrogens is 5. The third kappa shape index (κ3) is 3.35. The average molecular weight is 402 g/mol. The number of nitrogens with one attached hydrogen (secondary N) is 1. The van der Waals surface area contributed by atoms with E-state index in [0.29, 0.717) is 30.3 Å². The number of aromatic amines is 1. The van der Waals surface area contributed by atoms with Crippen LogP contribution in [0.25, 0.3) is 28.0 Å². The molecule has 8 heteroatoms. The van der Waals surface area contributed by atoms with Gasteiger partial charge in [-0.2, -0.15) is 5.10 Å². The Balaban J connectivity index is 1.33. The summed E-state index contributed by atoms with van der Waals surface area (Å²) in [4.78, 5) is 14.6. The first-order chi connectivity index (χ1) is 14.7. The van der Waals surface area contributed by atoms with Crippen LogP contribution in [-0.2, 0) is 0 Å². The first-order valence-electron chi connectivity index (χ1n) is 10.1. The van der Waals surface area contributed by atoms with Gasteiger partial charge in [-0.3, -0.25) is 9.89 Å². The van der Waals surface area contributed by atoms with Gasteiger partial charge in [0.2, 0.25) is 0 Å². The predicted molar refractivity (Wildman–Crippen MR) is 112 cm³/mol. The van der Waals surface area contributed by atoms with Crippen molar-refractivity contribution in [1.29, 1.82) is 0 Å². The molecular weight excluding hydrogens is 380 g/mol. The molecule has 2 aromatic heterocycles. The monoisotopic (exact) mass is 402 g/mol. The number of likely N-dealkylation sites (tertiary alicyclic amines) is 1. The summed E-state index contributed by atoms with van der Waals surface area (Å²) in [7, 11) is 0. The maximum absolute atomic E-state index is 12.7. The van der Waals surface area contributed by atoms with Crippen LogP contribution in [0, 0.1) is 5.92 Å². The molecule has 2 aromatic carbocycles. The Labute approximate surface area is 173 Å². The molecular formula is C22H22N6O2. The lowest BCUT2D eigenvalue weighted by Gasteiger charge is -2.31. The molecule has 1 fully saturated rings. The van der Waals surface area contributed by atoms with E-state index in [-0.39, 0.29) is 12.5 Å². The van der Waals surface area contributed by atoms with E-state index in [1.807, 2.05) is 59.6 Å². The van der Waals surface area contributed by atoms with Crippen LogP contribution in [0.15, 0.2) is 54.7 Å². The molecule has 3 heterocycles. The lowest BCUT2D eigenvalue weighted by atomic mass is 9.97. The van der Waals surface area contributed by atoms with Crippen molar-refractivity contribution in [3.8, 4) is 17.1 Å². The topological polar surface area (TPSA) is 99.9 Å². The van der Waals surface area contributed by atoms with Gasteiger partial charge in [0.1, 0.15) is 11.4 Å². The fourth-order valence-corrected chi connectivity index (χ4v) is 3.92. The summed E-state index contributed by atoms with van der Waals surface area (Å²) in [6, 6.07) is 15.3. The molecule has 1 saturated heterocycles. The van der Waals surface area contributed by atoms with Gasteiger partial charge in [-0.05, 0) is 49.1 Å². The van der Waals surface area contributed by atoms with Crippen molar-refractivity contribution in [2.24, 2.45) is 5.92 Å². The molecule has 152 valence electrons. The number of piperidine rings is 1. The second-order valence-electron chi connectivity index (χ2n) is 7.63. The predicted octanol–water partition coefficient (Wildman–Crippen LogP) is 2.66. The van der Waals surface area contributed by atoms with Crippen molar-refractivity contribution in [3.63, 3.8) is 0 Å². The average Bonchev–Trinajstić information content (AvgIpc) is 3.46. The van der Waals surface area contributed by atoms with Gasteiger partial charge in [0.25, 0.3) is 5.91 Å². The number of nitrogens with zero attached hydrogens (tertiary/aromatic N) is 5. The number of rotatable bonds is 4. The lowest BCUT2D eigenvalue weighted by molar-refractivity contribution is 0.0651. The molecule has 30 heavy (non-hydrogen) atoms. The van der Waals surface area contributed by atoms with Crippen LogP contribution >= 0.6 is 0 Å². The summed E-state index contributed by atoms with van der Waals surface area (Å²) >= 11 is 0. The van der Waals surface area contributed by atoms with Gasteiger partial charge >= 0.3 is 0 Å². The number of carbonyl (C=O) groups is 1. The summed E-state index contributed by atoms with van der Waals surface area (Å²) in [6.07, 6.45) is 3.53. The zero-order valence-electron chi connectivity index (χ0n) is 16.4. The van der Waals surface area contributed by atoms with Crippen LogP contribution in [0.5, 0.6) is 0 Å². The van der Waals surface area contributed by atoms with Crippen molar-refractivity contribution >= 4 is 16.8 Å². The van der Waals surface area contributed by atoms with E-state index in [4.69, 9.17) is 0 Å². The molecule has 8 nitrogen and oxygen atoms in total. The first kappa shape index (κ1) is 18.5. The van der Waals surface area contributed by atoms with Crippen molar-refractivity contribution in [3.05, 3.63) is 60.3 Å². The van der Waals surface area contributed by atoms with E-state index in [2.05, 4.69) is 20.5 Å². The molecule has 2 N–H and O–H groups in total. The second kappa shape index (κ2) is 7.72. The number of benzene rings is 2. The minimum Gasteiger partial charge on any atom is -0.396 e. The Morgan fingerprint density at radius 2 is 1.87 bits per heavy atom. The molecule has 4 aromatic rings.